The average molecular weight is 281 g/mol. The third kappa shape index (κ3) is 3.55. The second-order valence-electron chi connectivity index (χ2n) is 4.64. The summed E-state index contributed by atoms with van der Waals surface area (Å²) in [6.07, 6.45) is 1.93. The Morgan fingerprint density at radius 3 is 2.83 bits per heavy atom. The van der Waals surface area contributed by atoms with Gasteiger partial charge in [-0.2, -0.15) is 0 Å². The Labute approximate surface area is 117 Å². The fourth-order valence-electron chi connectivity index (χ4n) is 1.63. The Hall–Kier alpha value is -0.900. The molecule has 96 valence electrons. The van der Waals surface area contributed by atoms with Gasteiger partial charge in [0.15, 0.2) is 0 Å². The zero-order valence-electron chi connectivity index (χ0n) is 10.6. The van der Waals surface area contributed by atoms with E-state index in [2.05, 4.69) is 24.1 Å². The molecule has 1 N–H and O–H groups in total. The van der Waals surface area contributed by atoms with E-state index in [1.54, 1.807) is 11.3 Å². The first-order valence-electron chi connectivity index (χ1n) is 6.07. The van der Waals surface area contributed by atoms with Gasteiger partial charge in [-0.1, -0.05) is 43.6 Å². The van der Waals surface area contributed by atoms with Crippen LogP contribution in [0.2, 0.25) is 5.02 Å². The SMILES string of the molecule is CC(C)CNCc1cnc(-c2ccccc2Cl)s1. The summed E-state index contributed by atoms with van der Waals surface area (Å²) < 4.78 is 0. The molecule has 4 heteroatoms. The molecule has 0 aliphatic heterocycles. The quantitative estimate of drug-likeness (QED) is 0.887. The maximum atomic E-state index is 6.16. The van der Waals surface area contributed by atoms with Crippen LogP contribution in [0.3, 0.4) is 0 Å². The third-order valence-electron chi connectivity index (χ3n) is 2.51. The van der Waals surface area contributed by atoms with Crippen molar-refractivity contribution in [2.45, 2.75) is 20.4 Å². The molecule has 0 unspecified atom stereocenters. The van der Waals surface area contributed by atoms with Crippen molar-refractivity contribution in [2.24, 2.45) is 5.92 Å². The topological polar surface area (TPSA) is 24.9 Å². The van der Waals surface area contributed by atoms with Crippen LogP contribution in [-0.2, 0) is 6.54 Å². The lowest BCUT2D eigenvalue weighted by Crippen LogP contribution is -2.18. The number of thiazole rings is 1. The van der Waals surface area contributed by atoms with Crippen molar-refractivity contribution in [2.75, 3.05) is 6.54 Å². The number of nitrogens with zero attached hydrogens (tertiary/aromatic N) is 1. The van der Waals surface area contributed by atoms with E-state index >= 15 is 0 Å². The molecule has 0 bridgehead atoms. The predicted molar refractivity (Wildman–Crippen MR) is 79.1 cm³/mol. The average Bonchev–Trinajstić information content (AvgIpc) is 2.78. The van der Waals surface area contributed by atoms with Gasteiger partial charge in [-0.15, -0.1) is 11.3 Å². The molecular formula is C14H17ClN2S. The molecule has 18 heavy (non-hydrogen) atoms. The van der Waals surface area contributed by atoms with Crippen LogP contribution in [0.4, 0.5) is 0 Å². The van der Waals surface area contributed by atoms with E-state index in [0.717, 1.165) is 28.7 Å². The molecule has 1 aromatic carbocycles. The molecule has 0 fully saturated rings. The van der Waals surface area contributed by atoms with Crippen molar-refractivity contribution >= 4 is 22.9 Å². The highest BCUT2D eigenvalue weighted by molar-refractivity contribution is 7.15. The van der Waals surface area contributed by atoms with Crippen LogP contribution in [0, 0.1) is 5.92 Å². The molecule has 2 aromatic rings. The molecule has 0 atom stereocenters. The van der Waals surface area contributed by atoms with Crippen molar-refractivity contribution in [1.29, 1.82) is 0 Å². The van der Waals surface area contributed by atoms with Gasteiger partial charge in [0.05, 0.1) is 5.02 Å². The molecule has 0 saturated carbocycles. The molecule has 1 aromatic heterocycles. The van der Waals surface area contributed by atoms with Crippen LogP contribution < -0.4 is 5.32 Å². The summed E-state index contributed by atoms with van der Waals surface area (Å²) in [6.45, 7) is 6.31. The third-order valence-corrected chi connectivity index (χ3v) is 3.87. The molecule has 0 saturated heterocycles. The molecule has 2 nitrogen and oxygen atoms in total. The minimum Gasteiger partial charge on any atom is -0.312 e. The van der Waals surface area contributed by atoms with Gasteiger partial charge in [-0.3, -0.25) is 0 Å². The van der Waals surface area contributed by atoms with Gasteiger partial charge in [0.2, 0.25) is 0 Å². The summed E-state index contributed by atoms with van der Waals surface area (Å²) in [6, 6.07) is 7.82. The maximum absolute atomic E-state index is 6.16. The first kappa shape index (κ1) is 13.5. The normalized spacial score (nSPS) is 11.1. The van der Waals surface area contributed by atoms with Gasteiger partial charge in [0.1, 0.15) is 5.01 Å². The number of benzene rings is 1. The van der Waals surface area contributed by atoms with Gasteiger partial charge in [0.25, 0.3) is 0 Å². The van der Waals surface area contributed by atoms with E-state index in [9.17, 15) is 0 Å². The maximum Gasteiger partial charge on any atom is 0.125 e. The van der Waals surface area contributed by atoms with Crippen LogP contribution in [0.15, 0.2) is 30.5 Å². The van der Waals surface area contributed by atoms with Gasteiger partial charge >= 0.3 is 0 Å². The number of hydrogen-bond acceptors (Lipinski definition) is 3. The summed E-state index contributed by atoms with van der Waals surface area (Å²) in [5, 5.41) is 5.16. The van der Waals surface area contributed by atoms with Crippen LogP contribution in [0.1, 0.15) is 18.7 Å². The largest absolute Gasteiger partial charge is 0.312 e. The predicted octanol–water partition coefficient (Wildman–Crippen LogP) is 4.21. The van der Waals surface area contributed by atoms with Crippen LogP contribution >= 0.6 is 22.9 Å². The van der Waals surface area contributed by atoms with Gasteiger partial charge in [-0.05, 0) is 18.5 Å². The first-order chi connectivity index (χ1) is 8.66. The first-order valence-corrected chi connectivity index (χ1v) is 7.26. The second kappa shape index (κ2) is 6.32. The molecule has 1 heterocycles. The standard InChI is InChI=1S/C14H17ClN2S/c1-10(2)7-16-8-11-9-17-14(18-11)12-5-3-4-6-13(12)15/h3-6,9-10,16H,7-8H2,1-2H3. The summed E-state index contributed by atoms with van der Waals surface area (Å²) in [5.41, 5.74) is 1.01. The lowest BCUT2D eigenvalue weighted by molar-refractivity contribution is 0.554. The summed E-state index contributed by atoms with van der Waals surface area (Å²) in [5.74, 6) is 0.668. The Kier molecular flexibility index (Phi) is 4.75. The molecule has 2 rings (SSSR count). The van der Waals surface area contributed by atoms with E-state index in [4.69, 9.17) is 11.6 Å². The number of hydrogen-bond donors (Lipinski definition) is 1. The van der Waals surface area contributed by atoms with E-state index in [1.807, 2.05) is 30.5 Å². The Balaban J connectivity index is 2.04. The smallest absolute Gasteiger partial charge is 0.125 e. The van der Waals surface area contributed by atoms with E-state index in [0.29, 0.717) is 5.92 Å². The van der Waals surface area contributed by atoms with Crippen LogP contribution in [-0.4, -0.2) is 11.5 Å². The van der Waals surface area contributed by atoms with Crippen molar-refractivity contribution in [1.82, 2.24) is 10.3 Å². The van der Waals surface area contributed by atoms with E-state index < -0.39 is 0 Å². The van der Waals surface area contributed by atoms with Gasteiger partial charge in [-0.25, -0.2) is 4.98 Å². The number of halogens is 1. The molecule has 0 aliphatic rings. The fraction of sp³-hybridized carbons (Fsp3) is 0.357. The van der Waals surface area contributed by atoms with Crippen molar-refractivity contribution in [3.8, 4) is 10.6 Å². The van der Waals surface area contributed by atoms with Crippen LogP contribution in [0.25, 0.3) is 10.6 Å². The second-order valence-corrected chi connectivity index (χ2v) is 6.16. The highest BCUT2D eigenvalue weighted by atomic mass is 35.5. The lowest BCUT2D eigenvalue weighted by Gasteiger charge is -2.04. The Morgan fingerprint density at radius 1 is 1.33 bits per heavy atom. The van der Waals surface area contributed by atoms with Gasteiger partial charge < -0.3 is 5.32 Å². The molecule has 0 spiro atoms. The molecule has 0 aliphatic carbocycles. The molecule has 0 radical (unpaired) electrons. The van der Waals surface area contributed by atoms with Crippen molar-refractivity contribution in [3.63, 3.8) is 0 Å². The van der Waals surface area contributed by atoms with Crippen molar-refractivity contribution < 1.29 is 0 Å². The fourth-order valence-corrected chi connectivity index (χ4v) is 2.84. The summed E-state index contributed by atoms with van der Waals surface area (Å²) >= 11 is 7.86. The zero-order valence-corrected chi connectivity index (χ0v) is 12.2. The minimum absolute atomic E-state index is 0.668. The number of nitrogens with one attached hydrogen (secondary N) is 1. The zero-order chi connectivity index (χ0) is 13.0. The molecular weight excluding hydrogens is 264 g/mol. The van der Waals surface area contributed by atoms with Crippen molar-refractivity contribution in [3.05, 3.63) is 40.4 Å². The highest BCUT2D eigenvalue weighted by Gasteiger charge is 2.07. The number of aromatic nitrogens is 1. The Bertz CT molecular complexity index is 508. The lowest BCUT2D eigenvalue weighted by atomic mass is 10.2. The highest BCUT2D eigenvalue weighted by Crippen LogP contribution is 2.30. The minimum atomic E-state index is 0.668. The molecule has 0 amide bonds. The summed E-state index contributed by atoms with van der Waals surface area (Å²) in [4.78, 5) is 5.68. The number of rotatable bonds is 5. The van der Waals surface area contributed by atoms with Gasteiger partial charge in [0, 0.05) is 23.2 Å². The van der Waals surface area contributed by atoms with E-state index in [1.165, 1.54) is 4.88 Å². The van der Waals surface area contributed by atoms with E-state index in [-0.39, 0.29) is 0 Å². The van der Waals surface area contributed by atoms with Crippen LogP contribution in [0.5, 0.6) is 0 Å². The monoisotopic (exact) mass is 280 g/mol. The Morgan fingerprint density at radius 2 is 2.11 bits per heavy atom. The summed E-state index contributed by atoms with van der Waals surface area (Å²) in [7, 11) is 0.